The summed E-state index contributed by atoms with van der Waals surface area (Å²) >= 11 is 0. The minimum Gasteiger partial charge on any atom is -0.490 e. The molecule has 0 aromatic heterocycles. The van der Waals surface area contributed by atoms with Crippen LogP contribution in [0, 0.1) is 29.2 Å². The van der Waals surface area contributed by atoms with Crippen LogP contribution in [0.2, 0.25) is 0 Å². The summed E-state index contributed by atoms with van der Waals surface area (Å²) in [6, 6.07) is 12.3. The Morgan fingerprint density at radius 2 is 1.45 bits per heavy atom. The molecule has 0 bridgehead atoms. The van der Waals surface area contributed by atoms with Gasteiger partial charge in [-0.2, -0.15) is 4.39 Å². The Hall–Kier alpha value is -3.12. The zero-order chi connectivity index (χ0) is 28.5. The van der Waals surface area contributed by atoms with Crippen molar-refractivity contribution in [3.8, 4) is 28.0 Å². The topological polar surface area (TPSA) is 18.5 Å². The van der Waals surface area contributed by atoms with E-state index >= 15 is 8.78 Å². The Kier molecular flexibility index (Phi) is 10.8. The van der Waals surface area contributed by atoms with Crippen molar-refractivity contribution in [2.45, 2.75) is 70.8 Å². The Labute approximate surface area is 235 Å². The lowest BCUT2D eigenvalue weighted by Gasteiger charge is -2.29. The van der Waals surface area contributed by atoms with Crippen LogP contribution < -0.4 is 4.74 Å². The lowest BCUT2D eigenvalue weighted by molar-refractivity contribution is -0.0210. The van der Waals surface area contributed by atoms with Crippen LogP contribution in [0.5, 0.6) is 5.75 Å². The molecule has 0 saturated carbocycles. The van der Waals surface area contributed by atoms with Crippen molar-refractivity contribution in [1.29, 1.82) is 0 Å². The number of halogens is 4. The summed E-state index contributed by atoms with van der Waals surface area (Å²) in [5.41, 5.74) is 1.25. The fraction of sp³-hybridized carbons (Fsp3) is 0.412. The Morgan fingerprint density at radius 1 is 0.800 bits per heavy atom. The van der Waals surface area contributed by atoms with E-state index in [0.29, 0.717) is 36.7 Å². The molecule has 0 aliphatic carbocycles. The molecule has 1 aliphatic rings. The summed E-state index contributed by atoms with van der Waals surface area (Å²) in [7, 11) is 0. The van der Waals surface area contributed by atoms with Crippen LogP contribution in [0.1, 0.15) is 76.4 Å². The molecule has 0 radical (unpaired) electrons. The summed E-state index contributed by atoms with van der Waals surface area (Å²) in [4.78, 5) is 0. The summed E-state index contributed by atoms with van der Waals surface area (Å²) in [5.74, 6) is -3.60. The first-order valence-corrected chi connectivity index (χ1v) is 14.4. The lowest BCUT2D eigenvalue weighted by Crippen LogP contribution is -2.21. The Morgan fingerprint density at radius 3 is 2.08 bits per heavy atom. The number of hydrogen-bond acceptors (Lipinski definition) is 2. The summed E-state index contributed by atoms with van der Waals surface area (Å²) in [5, 5.41) is 0. The van der Waals surface area contributed by atoms with Crippen LogP contribution in [0.25, 0.3) is 22.3 Å². The third-order valence-corrected chi connectivity index (χ3v) is 7.67. The van der Waals surface area contributed by atoms with Crippen LogP contribution in [-0.4, -0.2) is 13.2 Å². The highest BCUT2D eigenvalue weighted by molar-refractivity contribution is 5.71. The molecule has 1 aliphatic heterocycles. The van der Waals surface area contributed by atoms with E-state index in [1.165, 1.54) is 12.1 Å². The molecule has 6 heteroatoms. The first-order valence-electron chi connectivity index (χ1n) is 14.4. The molecule has 3 aromatic rings. The van der Waals surface area contributed by atoms with Crippen molar-refractivity contribution in [1.82, 2.24) is 0 Å². The van der Waals surface area contributed by atoms with Crippen LogP contribution in [-0.2, 0) is 4.74 Å². The van der Waals surface area contributed by atoms with E-state index in [-0.39, 0.29) is 22.4 Å². The zero-order valence-corrected chi connectivity index (χ0v) is 23.2. The zero-order valence-electron chi connectivity index (χ0n) is 23.2. The van der Waals surface area contributed by atoms with Crippen molar-refractivity contribution in [3.63, 3.8) is 0 Å². The Balaban J connectivity index is 1.43. The quantitative estimate of drug-likeness (QED) is 0.119. The van der Waals surface area contributed by atoms with Gasteiger partial charge in [0.15, 0.2) is 23.2 Å². The summed E-state index contributed by atoms with van der Waals surface area (Å²) in [6.07, 6.45) is 9.98. The van der Waals surface area contributed by atoms with Gasteiger partial charge in [-0.05, 0) is 61.3 Å². The third kappa shape index (κ3) is 7.14. The molecule has 0 N–H and O–H groups in total. The molecule has 2 atom stereocenters. The number of allylic oxidation sites excluding steroid dienone is 1. The molecule has 0 spiro atoms. The minimum absolute atomic E-state index is 0.0715. The smallest absolute Gasteiger partial charge is 0.201 e. The van der Waals surface area contributed by atoms with E-state index < -0.39 is 29.4 Å². The minimum atomic E-state index is -1.03. The van der Waals surface area contributed by atoms with Crippen molar-refractivity contribution in [2.75, 3.05) is 13.2 Å². The van der Waals surface area contributed by atoms with Gasteiger partial charge in [-0.25, -0.2) is 13.2 Å². The maximum atomic E-state index is 15.2. The van der Waals surface area contributed by atoms with Crippen molar-refractivity contribution >= 4 is 0 Å². The van der Waals surface area contributed by atoms with Crippen LogP contribution >= 0.6 is 0 Å². The van der Waals surface area contributed by atoms with Crippen LogP contribution in [0.3, 0.4) is 0 Å². The molecular weight excluding hydrogens is 516 g/mol. The molecule has 1 saturated heterocycles. The van der Waals surface area contributed by atoms with E-state index in [0.717, 1.165) is 51.4 Å². The number of ether oxygens (including phenoxy) is 2. The normalized spacial score (nSPS) is 17.1. The second-order valence-electron chi connectivity index (χ2n) is 10.5. The second-order valence-corrected chi connectivity index (χ2v) is 10.5. The molecular formula is C34H38F4O2. The predicted molar refractivity (Wildman–Crippen MR) is 152 cm³/mol. The van der Waals surface area contributed by atoms with Gasteiger partial charge in [-0.3, -0.25) is 0 Å². The van der Waals surface area contributed by atoms with Gasteiger partial charge in [0.2, 0.25) is 5.82 Å². The number of rotatable bonds is 13. The highest BCUT2D eigenvalue weighted by Gasteiger charge is 2.27. The van der Waals surface area contributed by atoms with Gasteiger partial charge >= 0.3 is 0 Å². The average molecular weight is 555 g/mol. The maximum absolute atomic E-state index is 15.2. The first kappa shape index (κ1) is 29.9. The fourth-order valence-electron chi connectivity index (χ4n) is 5.25. The molecule has 3 aromatic carbocycles. The van der Waals surface area contributed by atoms with E-state index in [9.17, 15) is 8.78 Å². The number of unbranched alkanes of at least 4 members (excludes halogenated alkanes) is 4. The van der Waals surface area contributed by atoms with Gasteiger partial charge in [0.25, 0.3) is 0 Å². The SMILES string of the molecule is C=CCCC1CCC(c2ccc(-c3ccc(-c4ccc(OCCCCCCC)c(F)c4F)cc3)c(F)c2F)OC1. The maximum Gasteiger partial charge on any atom is 0.201 e. The van der Waals surface area contributed by atoms with Crippen molar-refractivity contribution < 1.29 is 27.0 Å². The largest absolute Gasteiger partial charge is 0.490 e. The molecule has 40 heavy (non-hydrogen) atoms. The average Bonchev–Trinajstić information content (AvgIpc) is 2.98. The van der Waals surface area contributed by atoms with E-state index in [1.807, 2.05) is 6.08 Å². The standard InChI is InChI=1S/C34H38F4O2/c1-3-5-7-8-9-21-39-30-20-18-27(32(36)34(30)38)25-14-12-24(13-15-25)26-16-17-28(33(37)31(26)35)29-19-11-23(22-40-29)10-6-4-2/h4,12-18,20,23,29H,2-3,5-11,19,21-22H2,1H3. The summed E-state index contributed by atoms with van der Waals surface area (Å²) < 4.78 is 71.2. The fourth-order valence-corrected chi connectivity index (χ4v) is 5.25. The van der Waals surface area contributed by atoms with Gasteiger partial charge < -0.3 is 9.47 Å². The van der Waals surface area contributed by atoms with Gasteiger partial charge in [0, 0.05) is 16.7 Å². The highest BCUT2D eigenvalue weighted by atomic mass is 19.2. The third-order valence-electron chi connectivity index (χ3n) is 7.67. The van der Waals surface area contributed by atoms with Crippen molar-refractivity contribution in [2.24, 2.45) is 5.92 Å². The van der Waals surface area contributed by atoms with Crippen molar-refractivity contribution in [3.05, 3.63) is 90.0 Å². The van der Waals surface area contributed by atoms with E-state index in [1.54, 1.807) is 36.4 Å². The van der Waals surface area contributed by atoms with E-state index in [2.05, 4.69) is 13.5 Å². The monoisotopic (exact) mass is 554 g/mol. The molecule has 2 nitrogen and oxygen atoms in total. The lowest BCUT2D eigenvalue weighted by atomic mass is 9.90. The van der Waals surface area contributed by atoms with Crippen LogP contribution in [0.4, 0.5) is 17.6 Å². The van der Waals surface area contributed by atoms with E-state index in [4.69, 9.17) is 9.47 Å². The highest BCUT2D eigenvalue weighted by Crippen LogP contribution is 2.37. The predicted octanol–water partition coefficient (Wildman–Crippen LogP) is 10.4. The van der Waals surface area contributed by atoms with Gasteiger partial charge in [0.05, 0.1) is 19.3 Å². The molecule has 214 valence electrons. The van der Waals surface area contributed by atoms with Gasteiger partial charge in [0.1, 0.15) is 0 Å². The summed E-state index contributed by atoms with van der Waals surface area (Å²) in [6.45, 7) is 6.73. The Bertz CT molecular complexity index is 1260. The molecule has 2 unspecified atom stereocenters. The molecule has 4 rings (SSSR count). The molecule has 1 heterocycles. The number of hydrogen-bond donors (Lipinski definition) is 0. The van der Waals surface area contributed by atoms with Gasteiger partial charge in [-0.15, -0.1) is 6.58 Å². The van der Waals surface area contributed by atoms with Gasteiger partial charge in [-0.1, -0.05) is 75.1 Å². The van der Waals surface area contributed by atoms with Crippen LogP contribution in [0.15, 0.2) is 61.2 Å². The second kappa shape index (κ2) is 14.5. The number of benzene rings is 3. The first-order chi connectivity index (χ1) is 19.4. The molecule has 0 amide bonds. The molecule has 1 fully saturated rings.